The molecule has 1 fully saturated rings. The molecule has 1 aromatic carbocycles. The van der Waals surface area contributed by atoms with Gasteiger partial charge in [0.05, 0.1) is 17.7 Å². The van der Waals surface area contributed by atoms with Crippen molar-refractivity contribution in [3.8, 4) is 0 Å². The van der Waals surface area contributed by atoms with E-state index in [1.54, 1.807) is 6.07 Å². The number of carbonyl (C=O) groups excluding carboxylic acids is 1. The lowest BCUT2D eigenvalue weighted by molar-refractivity contribution is 0.0897. The Morgan fingerprint density at radius 2 is 2.22 bits per heavy atom. The minimum Gasteiger partial charge on any atom is -0.381 e. The number of halogens is 1. The van der Waals surface area contributed by atoms with E-state index < -0.39 is 0 Å². The van der Waals surface area contributed by atoms with Crippen LogP contribution in [0.2, 0.25) is 0 Å². The van der Waals surface area contributed by atoms with Gasteiger partial charge in [-0.2, -0.15) is 4.98 Å². The zero-order chi connectivity index (χ0) is 19.0. The zero-order valence-corrected chi connectivity index (χ0v) is 15.8. The van der Waals surface area contributed by atoms with Crippen LogP contribution in [-0.2, 0) is 4.74 Å². The van der Waals surface area contributed by atoms with Gasteiger partial charge in [-0.1, -0.05) is 12.1 Å². The molecule has 8 heteroatoms. The van der Waals surface area contributed by atoms with Crippen LogP contribution in [0.15, 0.2) is 24.3 Å². The van der Waals surface area contributed by atoms with Crippen LogP contribution in [0.25, 0.3) is 10.3 Å². The lowest BCUT2D eigenvalue weighted by atomic mass is 10.0. The second-order valence-electron chi connectivity index (χ2n) is 6.63. The number of benzene rings is 1. The Hall–Kier alpha value is -2.45. The molecule has 0 bridgehead atoms. The Kier molecular flexibility index (Phi) is 4.84. The molecule has 140 valence electrons. The number of fused-ring (bicyclic) bond motifs is 1. The molecule has 0 unspecified atom stereocenters. The normalized spacial score (nSPS) is 18.0. The van der Waals surface area contributed by atoms with Crippen molar-refractivity contribution in [2.75, 3.05) is 18.5 Å². The molecule has 0 spiro atoms. The molecule has 1 aliphatic heterocycles. The first kappa shape index (κ1) is 17.9. The number of rotatable bonds is 5. The van der Waals surface area contributed by atoms with Crippen LogP contribution in [0.1, 0.15) is 40.4 Å². The number of aromatic nitrogens is 3. The molecule has 4 rings (SSSR count). The number of Topliss-reactive ketones (excluding diaryl/α,β-unsaturated/α-hetero) is 1. The number of nitrogens with one attached hydrogen (secondary N) is 1. The summed E-state index contributed by atoms with van der Waals surface area (Å²) >= 11 is 1.42. The van der Waals surface area contributed by atoms with Gasteiger partial charge in [-0.15, -0.1) is 11.3 Å². The highest BCUT2D eigenvalue weighted by Gasteiger charge is 2.29. The Bertz CT molecular complexity index is 1000. The maximum atomic E-state index is 13.5. The molecule has 0 saturated carbocycles. The van der Waals surface area contributed by atoms with E-state index in [9.17, 15) is 9.18 Å². The third-order valence-corrected chi connectivity index (χ3v) is 5.56. The summed E-state index contributed by atoms with van der Waals surface area (Å²) in [5, 5.41) is 3.99. The SMILES string of the molecule is Cc1nc2nc(N[C@@H](C)c3cccc(F)c3)nc(C(=O)[C@@H]3CCOC3)c2s1. The summed E-state index contributed by atoms with van der Waals surface area (Å²) in [4.78, 5) is 26.3. The number of aryl methyl sites for hydroxylation is 1. The van der Waals surface area contributed by atoms with Crippen molar-refractivity contribution in [2.45, 2.75) is 26.3 Å². The second kappa shape index (κ2) is 7.28. The fourth-order valence-electron chi connectivity index (χ4n) is 3.15. The van der Waals surface area contributed by atoms with Crippen LogP contribution in [0.3, 0.4) is 0 Å². The van der Waals surface area contributed by atoms with Crippen LogP contribution in [-0.4, -0.2) is 33.9 Å². The Morgan fingerprint density at radius 1 is 1.37 bits per heavy atom. The average molecular weight is 386 g/mol. The molecular formula is C19H19FN4O2S. The van der Waals surface area contributed by atoms with Crippen LogP contribution in [0.4, 0.5) is 10.3 Å². The van der Waals surface area contributed by atoms with E-state index in [1.807, 2.05) is 19.9 Å². The highest BCUT2D eigenvalue weighted by Crippen LogP contribution is 2.29. The fraction of sp³-hybridized carbons (Fsp3) is 0.368. The summed E-state index contributed by atoms with van der Waals surface area (Å²) < 4.78 is 19.6. The predicted octanol–water partition coefficient (Wildman–Crippen LogP) is 3.93. The summed E-state index contributed by atoms with van der Waals surface area (Å²) in [5.41, 5.74) is 1.66. The van der Waals surface area contributed by atoms with E-state index in [1.165, 1.54) is 23.5 Å². The highest BCUT2D eigenvalue weighted by atomic mass is 32.1. The first-order valence-corrected chi connectivity index (χ1v) is 9.62. The van der Waals surface area contributed by atoms with Crippen molar-refractivity contribution in [3.05, 3.63) is 46.3 Å². The number of ketones is 1. The van der Waals surface area contributed by atoms with Gasteiger partial charge < -0.3 is 10.1 Å². The maximum absolute atomic E-state index is 13.5. The van der Waals surface area contributed by atoms with Gasteiger partial charge in [0.15, 0.2) is 11.4 Å². The molecule has 3 aromatic rings. The molecule has 0 aliphatic carbocycles. The molecule has 0 radical (unpaired) electrons. The molecule has 6 nitrogen and oxygen atoms in total. The van der Waals surface area contributed by atoms with E-state index in [0.29, 0.717) is 41.6 Å². The summed E-state index contributed by atoms with van der Waals surface area (Å²) in [6.07, 6.45) is 0.699. The minimum absolute atomic E-state index is 0.0370. The molecule has 2 aromatic heterocycles. The van der Waals surface area contributed by atoms with E-state index in [4.69, 9.17) is 4.74 Å². The molecule has 3 heterocycles. The van der Waals surface area contributed by atoms with Gasteiger partial charge in [-0.3, -0.25) is 4.79 Å². The number of hydrogen-bond acceptors (Lipinski definition) is 7. The molecule has 1 aliphatic rings. The van der Waals surface area contributed by atoms with Gasteiger partial charge >= 0.3 is 0 Å². The van der Waals surface area contributed by atoms with E-state index in [2.05, 4.69) is 20.3 Å². The fourth-order valence-corrected chi connectivity index (χ4v) is 4.00. The summed E-state index contributed by atoms with van der Waals surface area (Å²) in [7, 11) is 0. The van der Waals surface area contributed by atoms with Crippen LogP contribution in [0.5, 0.6) is 0 Å². The van der Waals surface area contributed by atoms with Gasteiger partial charge in [0.25, 0.3) is 0 Å². The lowest BCUT2D eigenvalue weighted by Crippen LogP contribution is -2.18. The van der Waals surface area contributed by atoms with Crippen LogP contribution >= 0.6 is 11.3 Å². The third-order valence-electron chi connectivity index (χ3n) is 4.59. The first-order valence-electron chi connectivity index (χ1n) is 8.80. The molecule has 1 N–H and O–H groups in total. The monoisotopic (exact) mass is 386 g/mol. The summed E-state index contributed by atoms with van der Waals surface area (Å²) in [6, 6.07) is 6.12. The first-order chi connectivity index (χ1) is 13.0. The van der Waals surface area contributed by atoms with Crippen LogP contribution < -0.4 is 5.32 Å². The van der Waals surface area contributed by atoms with Gasteiger partial charge in [0, 0.05) is 12.5 Å². The Balaban J connectivity index is 1.69. The number of hydrogen-bond donors (Lipinski definition) is 1. The standard InChI is InChI=1S/C19H19FN4O2S/c1-10(12-4-3-5-14(20)8-12)21-19-23-15(16(25)13-6-7-26-9-13)17-18(24-19)22-11(2)27-17/h3-5,8,10,13H,6-7,9H2,1-2H3,(H,21,23,24)/t10-,13+/m0/s1. The molecule has 2 atom stereocenters. The van der Waals surface area contributed by atoms with Gasteiger partial charge in [-0.25, -0.2) is 14.4 Å². The predicted molar refractivity (Wildman–Crippen MR) is 102 cm³/mol. The summed E-state index contributed by atoms with van der Waals surface area (Å²) in [6.45, 7) is 4.78. The van der Waals surface area contributed by atoms with Crippen molar-refractivity contribution in [1.29, 1.82) is 0 Å². The Morgan fingerprint density at radius 3 is 2.96 bits per heavy atom. The molecule has 27 heavy (non-hydrogen) atoms. The minimum atomic E-state index is -0.301. The number of carbonyl (C=O) groups is 1. The number of nitrogens with zero attached hydrogens (tertiary/aromatic N) is 3. The van der Waals surface area contributed by atoms with Gasteiger partial charge in [0.2, 0.25) is 5.95 Å². The largest absolute Gasteiger partial charge is 0.381 e. The Labute approximate surface area is 159 Å². The average Bonchev–Trinajstić information content (AvgIpc) is 3.29. The number of thiazole rings is 1. The molecule has 1 saturated heterocycles. The second-order valence-corrected chi connectivity index (χ2v) is 7.83. The van der Waals surface area contributed by atoms with Crippen molar-refractivity contribution in [3.63, 3.8) is 0 Å². The summed E-state index contributed by atoms with van der Waals surface area (Å²) in [5.74, 6) is -0.208. The topological polar surface area (TPSA) is 77.0 Å². The van der Waals surface area contributed by atoms with Gasteiger partial charge in [-0.05, 0) is 38.0 Å². The maximum Gasteiger partial charge on any atom is 0.225 e. The molecular weight excluding hydrogens is 367 g/mol. The van der Waals surface area contributed by atoms with E-state index in [0.717, 1.165) is 10.6 Å². The number of ether oxygens (including phenoxy) is 1. The lowest BCUT2D eigenvalue weighted by Gasteiger charge is -2.15. The van der Waals surface area contributed by atoms with Crippen LogP contribution in [0, 0.1) is 18.7 Å². The quantitative estimate of drug-likeness (QED) is 0.670. The van der Waals surface area contributed by atoms with Crippen molar-refractivity contribution in [2.24, 2.45) is 5.92 Å². The van der Waals surface area contributed by atoms with Crippen molar-refractivity contribution in [1.82, 2.24) is 15.0 Å². The smallest absolute Gasteiger partial charge is 0.225 e. The van der Waals surface area contributed by atoms with Crippen molar-refractivity contribution < 1.29 is 13.9 Å². The van der Waals surface area contributed by atoms with Crippen molar-refractivity contribution >= 4 is 33.4 Å². The van der Waals surface area contributed by atoms with E-state index >= 15 is 0 Å². The number of anilines is 1. The van der Waals surface area contributed by atoms with Gasteiger partial charge in [0.1, 0.15) is 16.2 Å². The highest BCUT2D eigenvalue weighted by molar-refractivity contribution is 7.18. The zero-order valence-electron chi connectivity index (χ0n) is 15.0. The van der Waals surface area contributed by atoms with E-state index in [-0.39, 0.29) is 23.6 Å². The third kappa shape index (κ3) is 3.68. The molecule has 0 amide bonds.